The molecular weight excluding hydrogens is 372 g/mol. The number of carbonyl (C=O) groups excluding carboxylic acids is 1. The number of hydrogen-bond acceptors (Lipinski definition) is 5. The third kappa shape index (κ3) is 5.82. The van der Waals surface area contributed by atoms with E-state index in [1.807, 2.05) is 18.2 Å². The Morgan fingerprint density at radius 2 is 2.04 bits per heavy atom. The van der Waals surface area contributed by atoms with Crippen molar-refractivity contribution in [3.05, 3.63) is 41.7 Å². The van der Waals surface area contributed by atoms with Gasteiger partial charge in [-0.1, -0.05) is 61.9 Å². The van der Waals surface area contributed by atoms with Gasteiger partial charge in [0.05, 0.1) is 12.4 Å². The number of thioether (sulfide) groups is 1. The zero-order valence-electron chi connectivity index (χ0n) is 16.8. The van der Waals surface area contributed by atoms with Crippen LogP contribution in [0, 0.1) is 5.92 Å². The monoisotopic (exact) mass is 402 g/mol. The molecule has 0 aliphatic heterocycles. The fraction of sp³-hybridized carbons (Fsp3) is 0.571. The van der Waals surface area contributed by atoms with Crippen LogP contribution in [-0.4, -0.2) is 46.2 Å². The zero-order chi connectivity index (χ0) is 19.8. The summed E-state index contributed by atoms with van der Waals surface area (Å²) >= 11 is 1.45. The van der Waals surface area contributed by atoms with Crippen molar-refractivity contribution in [3.63, 3.8) is 0 Å². The van der Waals surface area contributed by atoms with Crippen molar-refractivity contribution in [2.24, 2.45) is 5.92 Å². The van der Waals surface area contributed by atoms with E-state index in [1.54, 1.807) is 7.11 Å². The standard InChI is InChI=1S/C21H30N4O2S/c1-16-8-6-7-11-18(16)22-20(26)15-28-21-24-23-19(25(21)12-13-27-2)14-17-9-4-3-5-10-17/h3-5,9-10,16,18H,6-8,11-15H2,1-2H3,(H,22,26)/t16-,18-/m0/s1. The number of hydrogen-bond donors (Lipinski definition) is 1. The number of ether oxygens (including phenoxy) is 1. The Bertz CT molecular complexity index is 750. The topological polar surface area (TPSA) is 69.0 Å². The Hall–Kier alpha value is -1.86. The molecule has 7 heteroatoms. The van der Waals surface area contributed by atoms with Gasteiger partial charge in [-0.15, -0.1) is 10.2 Å². The van der Waals surface area contributed by atoms with Crippen molar-refractivity contribution in [2.45, 2.75) is 56.8 Å². The summed E-state index contributed by atoms with van der Waals surface area (Å²) in [5, 5.41) is 12.7. The summed E-state index contributed by atoms with van der Waals surface area (Å²) in [6, 6.07) is 10.5. The minimum atomic E-state index is 0.0784. The van der Waals surface area contributed by atoms with Crippen LogP contribution >= 0.6 is 11.8 Å². The fourth-order valence-corrected chi connectivity index (χ4v) is 4.45. The molecule has 0 unspecified atom stereocenters. The summed E-state index contributed by atoms with van der Waals surface area (Å²) in [6.07, 6.45) is 5.48. The molecule has 6 nitrogen and oxygen atoms in total. The van der Waals surface area contributed by atoms with Crippen LogP contribution < -0.4 is 5.32 Å². The summed E-state index contributed by atoms with van der Waals surface area (Å²) in [7, 11) is 1.69. The maximum absolute atomic E-state index is 12.4. The molecule has 1 fully saturated rings. The van der Waals surface area contributed by atoms with Gasteiger partial charge < -0.3 is 14.6 Å². The van der Waals surface area contributed by atoms with Crippen molar-refractivity contribution in [2.75, 3.05) is 19.5 Å². The van der Waals surface area contributed by atoms with Gasteiger partial charge in [0.25, 0.3) is 0 Å². The summed E-state index contributed by atoms with van der Waals surface area (Å²) in [4.78, 5) is 12.4. The maximum atomic E-state index is 12.4. The molecular formula is C21H30N4O2S. The lowest BCUT2D eigenvalue weighted by Gasteiger charge is -2.29. The molecule has 2 atom stereocenters. The van der Waals surface area contributed by atoms with Crippen LogP contribution in [0.5, 0.6) is 0 Å². The molecule has 0 spiro atoms. The third-order valence-electron chi connectivity index (χ3n) is 5.31. The zero-order valence-corrected chi connectivity index (χ0v) is 17.6. The number of aromatic nitrogens is 3. The second-order valence-corrected chi connectivity index (χ2v) is 8.37. The summed E-state index contributed by atoms with van der Waals surface area (Å²) in [5.74, 6) is 1.90. The van der Waals surface area contributed by atoms with E-state index in [2.05, 4.69) is 39.1 Å². The number of carbonyl (C=O) groups is 1. The molecule has 3 rings (SSSR count). The molecule has 1 amide bonds. The van der Waals surface area contributed by atoms with Crippen LogP contribution in [0.4, 0.5) is 0 Å². The van der Waals surface area contributed by atoms with E-state index in [4.69, 9.17) is 4.74 Å². The molecule has 1 N–H and O–H groups in total. The molecule has 2 aromatic rings. The van der Waals surface area contributed by atoms with Crippen molar-refractivity contribution >= 4 is 17.7 Å². The molecule has 1 aliphatic carbocycles. The van der Waals surface area contributed by atoms with Gasteiger partial charge in [0.15, 0.2) is 5.16 Å². The van der Waals surface area contributed by atoms with Crippen LogP contribution in [0.2, 0.25) is 0 Å². The van der Waals surface area contributed by atoms with E-state index in [1.165, 1.54) is 36.6 Å². The van der Waals surface area contributed by atoms with Crippen LogP contribution in [0.15, 0.2) is 35.5 Å². The van der Waals surface area contributed by atoms with Gasteiger partial charge in [-0.2, -0.15) is 0 Å². The fourth-order valence-electron chi connectivity index (χ4n) is 3.65. The van der Waals surface area contributed by atoms with Crippen LogP contribution in [0.3, 0.4) is 0 Å². The highest BCUT2D eigenvalue weighted by Gasteiger charge is 2.23. The SMILES string of the molecule is COCCn1c(Cc2ccccc2)nnc1SCC(=O)N[C@H]1CCCC[C@@H]1C. The molecule has 28 heavy (non-hydrogen) atoms. The summed E-state index contributed by atoms with van der Waals surface area (Å²) in [5.41, 5.74) is 1.19. The molecule has 1 aliphatic rings. The first-order chi connectivity index (χ1) is 13.7. The Labute approximate surface area is 171 Å². The van der Waals surface area contributed by atoms with Crippen molar-refractivity contribution in [3.8, 4) is 0 Å². The van der Waals surface area contributed by atoms with Crippen molar-refractivity contribution in [1.29, 1.82) is 0 Å². The molecule has 1 heterocycles. The average molecular weight is 403 g/mol. The number of amides is 1. The number of rotatable bonds is 9. The van der Waals surface area contributed by atoms with E-state index in [0.717, 1.165) is 17.4 Å². The second-order valence-electron chi connectivity index (χ2n) is 7.43. The van der Waals surface area contributed by atoms with Gasteiger partial charge in [-0.05, 0) is 24.3 Å². The third-order valence-corrected chi connectivity index (χ3v) is 6.27. The highest BCUT2D eigenvalue weighted by atomic mass is 32.2. The molecule has 1 saturated carbocycles. The second kappa shape index (κ2) is 10.6. The van der Waals surface area contributed by atoms with Gasteiger partial charge in [-0.3, -0.25) is 4.79 Å². The van der Waals surface area contributed by atoms with Gasteiger partial charge in [0, 0.05) is 26.1 Å². The Kier molecular flexibility index (Phi) is 7.91. The van der Waals surface area contributed by atoms with E-state index >= 15 is 0 Å². The van der Waals surface area contributed by atoms with Gasteiger partial charge >= 0.3 is 0 Å². The van der Waals surface area contributed by atoms with Crippen LogP contribution in [0.25, 0.3) is 0 Å². The number of benzene rings is 1. The first-order valence-corrected chi connectivity index (χ1v) is 11.0. The number of nitrogens with one attached hydrogen (secondary N) is 1. The predicted octanol–water partition coefficient (Wildman–Crippen LogP) is 3.30. The van der Waals surface area contributed by atoms with E-state index < -0.39 is 0 Å². The lowest BCUT2D eigenvalue weighted by atomic mass is 9.86. The van der Waals surface area contributed by atoms with Crippen LogP contribution in [0.1, 0.15) is 44.0 Å². The smallest absolute Gasteiger partial charge is 0.230 e. The highest BCUT2D eigenvalue weighted by Crippen LogP contribution is 2.24. The molecule has 0 bridgehead atoms. The van der Waals surface area contributed by atoms with E-state index in [9.17, 15) is 4.79 Å². The van der Waals surface area contributed by atoms with E-state index in [-0.39, 0.29) is 5.91 Å². The number of nitrogens with zero attached hydrogens (tertiary/aromatic N) is 3. The van der Waals surface area contributed by atoms with Gasteiger partial charge in [0.1, 0.15) is 5.82 Å². The van der Waals surface area contributed by atoms with Crippen molar-refractivity contribution < 1.29 is 9.53 Å². The summed E-state index contributed by atoms with van der Waals surface area (Å²) in [6.45, 7) is 3.49. The normalized spacial score (nSPS) is 19.5. The first-order valence-electron chi connectivity index (χ1n) is 10.0. The molecule has 1 aromatic heterocycles. The highest BCUT2D eigenvalue weighted by molar-refractivity contribution is 7.99. The Morgan fingerprint density at radius 3 is 2.79 bits per heavy atom. The predicted molar refractivity (Wildman–Crippen MR) is 111 cm³/mol. The van der Waals surface area contributed by atoms with Gasteiger partial charge in [-0.25, -0.2) is 0 Å². The minimum Gasteiger partial charge on any atom is -0.383 e. The Morgan fingerprint density at radius 1 is 1.25 bits per heavy atom. The first kappa shape index (κ1) is 20.9. The molecule has 152 valence electrons. The largest absolute Gasteiger partial charge is 0.383 e. The molecule has 0 radical (unpaired) electrons. The van der Waals surface area contributed by atoms with Crippen molar-refractivity contribution in [1.82, 2.24) is 20.1 Å². The average Bonchev–Trinajstić information content (AvgIpc) is 3.08. The summed E-state index contributed by atoms with van der Waals surface area (Å²) < 4.78 is 7.32. The minimum absolute atomic E-state index is 0.0784. The quantitative estimate of drug-likeness (QED) is 0.652. The molecule has 0 saturated heterocycles. The maximum Gasteiger partial charge on any atom is 0.230 e. The lowest BCUT2D eigenvalue weighted by Crippen LogP contribution is -2.41. The van der Waals surface area contributed by atoms with E-state index in [0.29, 0.717) is 37.3 Å². The van der Waals surface area contributed by atoms with Gasteiger partial charge in [0.2, 0.25) is 5.91 Å². The molecule has 1 aromatic carbocycles. The Balaban J connectivity index is 1.61. The van der Waals surface area contributed by atoms with Crippen LogP contribution in [-0.2, 0) is 22.5 Å². The lowest BCUT2D eigenvalue weighted by molar-refractivity contribution is -0.119. The number of methoxy groups -OCH3 is 1.